The van der Waals surface area contributed by atoms with Crippen molar-refractivity contribution in [2.24, 2.45) is 5.92 Å². The molecule has 0 radical (unpaired) electrons. The second-order valence-electron chi connectivity index (χ2n) is 6.61. The third-order valence-electron chi connectivity index (χ3n) is 5.06. The van der Waals surface area contributed by atoms with Gasteiger partial charge in [-0.15, -0.1) is 0 Å². The summed E-state index contributed by atoms with van der Waals surface area (Å²) in [6.45, 7) is 6.58. The molecule has 2 saturated heterocycles. The van der Waals surface area contributed by atoms with E-state index in [4.69, 9.17) is 0 Å². The molecule has 0 spiro atoms. The van der Waals surface area contributed by atoms with Crippen molar-refractivity contribution in [3.8, 4) is 5.75 Å². The van der Waals surface area contributed by atoms with Crippen molar-refractivity contribution in [3.05, 3.63) is 29.3 Å². The number of hydrogen-bond donors (Lipinski definition) is 1. The molecule has 1 aromatic rings. The minimum absolute atomic E-state index is 0.443. The summed E-state index contributed by atoms with van der Waals surface area (Å²) in [5, 5.41) is 10.0. The van der Waals surface area contributed by atoms with Gasteiger partial charge in [0.2, 0.25) is 0 Å². The maximum Gasteiger partial charge on any atom is 0.120 e. The molecule has 2 heterocycles. The van der Waals surface area contributed by atoms with Gasteiger partial charge in [0.1, 0.15) is 5.75 Å². The van der Waals surface area contributed by atoms with Crippen LogP contribution in [0.4, 0.5) is 0 Å². The van der Waals surface area contributed by atoms with Gasteiger partial charge in [-0.05, 0) is 58.3 Å². The quantitative estimate of drug-likeness (QED) is 0.898. The van der Waals surface area contributed by atoms with Crippen molar-refractivity contribution in [1.29, 1.82) is 0 Å². The van der Waals surface area contributed by atoms with Crippen LogP contribution in [0.15, 0.2) is 18.2 Å². The van der Waals surface area contributed by atoms with Crippen molar-refractivity contribution in [2.75, 3.05) is 26.7 Å². The van der Waals surface area contributed by atoms with E-state index in [0.29, 0.717) is 5.75 Å². The number of benzene rings is 1. The lowest BCUT2D eigenvalue weighted by atomic mass is 9.84. The van der Waals surface area contributed by atoms with Gasteiger partial charge < -0.3 is 10.0 Å². The first kappa shape index (κ1) is 13.9. The third-order valence-corrected chi connectivity index (χ3v) is 5.06. The first-order valence-electron chi connectivity index (χ1n) is 7.84. The average Bonchev–Trinajstić information content (AvgIpc) is 2.43. The Balaban J connectivity index is 1.66. The third kappa shape index (κ3) is 2.84. The summed E-state index contributed by atoms with van der Waals surface area (Å²) >= 11 is 0. The van der Waals surface area contributed by atoms with Crippen LogP contribution in [-0.2, 0) is 6.54 Å². The summed E-state index contributed by atoms with van der Waals surface area (Å²) in [5.74, 6) is 1.26. The highest BCUT2D eigenvalue weighted by molar-refractivity contribution is 5.35. The number of phenols is 1. The Kier molecular flexibility index (Phi) is 3.99. The van der Waals surface area contributed by atoms with E-state index in [1.807, 2.05) is 12.1 Å². The number of fused-ring (bicyclic) bond motifs is 1. The SMILES string of the molecule is Cc1ccc(O)c(CN2CCC3C(CCCN3C)C2)c1. The van der Waals surface area contributed by atoms with Gasteiger partial charge in [-0.2, -0.15) is 0 Å². The first-order valence-corrected chi connectivity index (χ1v) is 7.84. The lowest BCUT2D eigenvalue weighted by molar-refractivity contribution is 0.0352. The van der Waals surface area contributed by atoms with Crippen LogP contribution in [0.5, 0.6) is 5.75 Å². The molecule has 0 aliphatic carbocycles. The summed E-state index contributed by atoms with van der Waals surface area (Å²) in [6.07, 6.45) is 3.97. The minimum atomic E-state index is 0.443. The maximum atomic E-state index is 10.0. The van der Waals surface area contributed by atoms with Crippen molar-refractivity contribution in [2.45, 2.75) is 38.8 Å². The highest BCUT2D eigenvalue weighted by Gasteiger charge is 2.34. The molecule has 0 bridgehead atoms. The van der Waals surface area contributed by atoms with Gasteiger partial charge in [-0.1, -0.05) is 17.7 Å². The fourth-order valence-corrected chi connectivity index (χ4v) is 3.95. The molecule has 0 saturated carbocycles. The second kappa shape index (κ2) is 5.74. The van der Waals surface area contributed by atoms with Gasteiger partial charge in [0.15, 0.2) is 0 Å². The minimum Gasteiger partial charge on any atom is -0.508 e. The second-order valence-corrected chi connectivity index (χ2v) is 6.61. The standard InChI is InChI=1S/C17H26N2O/c1-13-5-6-17(20)15(10-13)12-19-9-7-16-14(11-19)4-3-8-18(16)2/h5-6,10,14,16,20H,3-4,7-9,11-12H2,1-2H3. The summed E-state index contributed by atoms with van der Waals surface area (Å²) in [7, 11) is 2.28. The fraction of sp³-hybridized carbons (Fsp3) is 0.647. The summed E-state index contributed by atoms with van der Waals surface area (Å²) in [6, 6.07) is 6.70. The number of aromatic hydroxyl groups is 1. The fourth-order valence-electron chi connectivity index (χ4n) is 3.95. The molecule has 0 aromatic heterocycles. The van der Waals surface area contributed by atoms with Crippen LogP contribution in [0.2, 0.25) is 0 Å². The van der Waals surface area contributed by atoms with Crippen LogP contribution in [0.1, 0.15) is 30.4 Å². The van der Waals surface area contributed by atoms with Crippen LogP contribution in [-0.4, -0.2) is 47.6 Å². The number of piperidine rings is 2. The lowest BCUT2D eigenvalue weighted by Crippen LogP contribution is -2.52. The molecular weight excluding hydrogens is 248 g/mol. The van der Waals surface area contributed by atoms with Crippen LogP contribution < -0.4 is 0 Å². The monoisotopic (exact) mass is 274 g/mol. The van der Waals surface area contributed by atoms with Crippen LogP contribution in [0.3, 0.4) is 0 Å². The van der Waals surface area contributed by atoms with Gasteiger partial charge in [0.05, 0.1) is 0 Å². The van der Waals surface area contributed by atoms with Crippen molar-refractivity contribution < 1.29 is 5.11 Å². The molecule has 3 rings (SSSR count). The Morgan fingerprint density at radius 3 is 2.95 bits per heavy atom. The zero-order valence-corrected chi connectivity index (χ0v) is 12.7. The number of phenolic OH excluding ortho intramolecular Hbond substituents is 1. The van der Waals surface area contributed by atoms with E-state index in [-0.39, 0.29) is 0 Å². The van der Waals surface area contributed by atoms with Crippen molar-refractivity contribution >= 4 is 0 Å². The Hall–Kier alpha value is -1.06. The van der Waals surface area contributed by atoms with E-state index in [9.17, 15) is 5.11 Å². The zero-order chi connectivity index (χ0) is 14.1. The number of likely N-dealkylation sites (tertiary alicyclic amines) is 2. The van der Waals surface area contributed by atoms with Crippen LogP contribution in [0.25, 0.3) is 0 Å². The summed E-state index contributed by atoms with van der Waals surface area (Å²) in [5.41, 5.74) is 2.30. The van der Waals surface area contributed by atoms with E-state index in [1.165, 1.54) is 37.9 Å². The van der Waals surface area contributed by atoms with Crippen LogP contribution >= 0.6 is 0 Å². The molecule has 2 aliphatic heterocycles. The average molecular weight is 274 g/mol. The lowest BCUT2D eigenvalue weighted by Gasteiger charge is -2.46. The Morgan fingerprint density at radius 1 is 1.25 bits per heavy atom. The molecule has 2 unspecified atom stereocenters. The zero-order valence-electron chi connectivity index (χ0n) is 12.7. The number of aryl methyl sites for hydroxylation is 1. The first-order chi connectivity index (χ1) is 9.63. The van der Waals surface area contributed by atoms with E-state index in [1.54, 1.807) is 0 Å². The molecule has 1 aromatic carbocycles. The number of nitrogens with zero attached hydrogens (tertiary/aromatic N) is 2. The Bertz CT molecular complexity index is 474. The summed E-state index contributed by atoms with van der Waals surface area (Å²) in [4.78, 5) is 5.07. The molecule has 1 N–H and O–H groups in total. The molecule has 0 amide bonds. The van der Waals surface area contributed by atoms with Crippen LogP contribution in [0, 0.1) is 12.8 Å². The molecule has 3 nitrogen and oxygen atoms in total. The normalized spacial score (nSPS) is 28.3. The largest absolute Gasteiger partial charge is 0.508 e. The molecule has 2 aliphatic rings. The predicted molar refractivity (Wildman–Crippen MR) is 81.9 cm³/mol. The van der Waals surface area contributed by atoms with Gasteiger partial charge in [-0.3, -0.25) is 4.90 Å². The van der Waals surface area contributed by atoms with Crippen molar-refractivity contribution in [3.63, 3.8) is 0 Å². The molecular formula is C17H26N2O. The molecule has 3 heteroatoms. The molecule has 2 fully saturated rings. The molecule has 2 atom stereocenters. The molecule has 110 valence electrons. The van der Waals surface area contributed by atoms with E-state index < -0.39 is 0 Å². The van der Waals surface area contributed by atoms with Crippen molar-refractivity contribution in [1.82, 2.24) is 9.80 Å². The maximum absolute atomic E-state index is 10.0. The predicted octanol–water partition coefficient (Wildman–Crippen LogP) is 2.62. The van der Waals surface area contributed by atoms with Gasteiger partial charge in [-0.25, -0.2) is 0 Å². The Morgan fingerprint density at radius 2 is 2.10 bits per heavy atom. The van der Waals surface area contributed by atoms with Gasteiger partial charge >= 0.3 is 0 Å². The summed E-state index contributed by atoms with van der Waals surface area (Å²) < 4.78 is 0. The Labute approximate surface area is 122 Å². The number of rotatable bonds is 2. The highest BCUT2D eigenvalue weighted by atomic mass is 16.3. The topological polar surface area (TPSA) is 26.7 Å². The van der Waals surface area contributed by atoms with Gasteiger partial charge in [0.25, 0.3) is 0 Å². The highest BCUT2D eigenvalue weighted by Crippen LogP contribution is 2.31. The smallest absolute Gasteiger partial charge is 0.120 e. The van der Waals surface area contributed by atoms with E-state index in [0.717, 1.165) is 30.6 Å². The van der Waals surface area contributed by atoms with E-state index in [2.05, 4.69) is 29.8 Å². The van der Waals surface area contributed by atoms with E-state index >= 15 is 0 Å². The number of hydrogen-bond acceptors (Lipinski definition) is 3. The molecule has 20 heavy (non-hydrogen) atoms. The van der Waals surface area contributed by atoms with Gasteiger partial charge in [0, 0.05) is 24.7 Å².